The summed E-state index contributed by atoms with van der Waals surface area (Å²) < 4.78 is 41.4. The fourth-order valence-corrected chi connectivity index (χ4v) is 1.74. The van der Waals surface area contributed by atoms with Crippen LogP contribution in [0.3, 0.4) is 0 Å². The Morgan fingerprint density at radius 1 is 1.27 bits per heavy atom. The average Bonchev–Trinajstić information content (AvgIpc) is 2.46. The number of carbonyl (C=O) groups is 1. The Balaban J connectivity index is 2.18. The summed E-state index contributed by atoms with van der Waals surface area (Å²) in [4.78, 5) is 15.8. The lowest BCUT2D eigenvalue weighted by Gasteiger charge is -2.14. The highest BCUT2D eigenvalue weighted by Gasteiger charge is 2.29. The van der Waals surface area contributed by atoms with Gasteiger partial charge in [-0.05, 0) is 30.3 Å². The SMILES string of the molecule is O=C(Nc1cc(Cl)ccc1OCC(F)(F)F)c1ccccn1. The van der Waals surface area contributed by atoms with E-state index < -0.39 is 18.7 Å². The molecule has 0 aliphatic carbocycles. The van der Waals surface area contributed by atoms with Crippen LogP contribution in [-0.2, 0) is 0 Å². The van der Waals surface area contributed by atoms with E-state index in [9.17, 15) is 18.0 Å². The van der Waals surface area contributed by atoms with Crippen LogP contribution in [0.15, 0.2) is 42.6 Å². The lowest BCUT2D eigenvalue weighted by molar-refractivity contribution is -0.153. The molecule has 1 N–H and O–H groups in total. The van der Waals surface area contributed by atoms with Gasteiger partial charge in [0.1, 0.15) is 11.4 Å². The molecule has 116 valence electrons. The Kier molecular flexibility index (Phi) is 4.87. The number of anilines is 1. The quantitative estimate of drug-likeness (QED) is 0.924. The summed E-state index contributed by atoms with van der Waals surface area (Å²) in [5.74, 6) is -0.717. The standard InChI is InChI=1S/C14H10ClF3N2O2/c15-9-4-5-12(22-8-14(16,17)18)11(7-9)20-13(21)10-3-1-2-6-19-10/h1-7H,8H2,(H,20,21). The predicted molar refractivity (Wildman–Crippen MR) is 75.2 cm³/mol. The van der Waals surface area contributed by atoms with Crippen LogP contribution in [0, 0.1) is 0 Å². The first kappa shape index (κ1) is 16.1. The highest BCUT2D eigenvalue weighted by molar-refractivity contribution is 6.31. The van der Waals surface area contributed by atoms with E-state index in [0.717, 1.165) is 0 Å². The summed E-state index contributed by atoms with van der Waals surface area (Å²) in [6.07, 6.45) is -3.06. The van der Waals surface area contributed by atoms with Crippen molar-refractivity contribution in [1.29, 1.82) is 0 Å². The lowest BCUT2D eigenvalue weighted by atomic mass is 10.2. The van der Waals surface area contributed by atoms with Crippen LogP contribution in [0.1, 0.15) is 10.5 Å². The summed E-state index contributed by atoms with van der Waals surface area (Å²) in [5, 5.41) is 2.67. The zero-order valence-corrected chi connectivity index (χ0v) is 11.8. The van der Waals surface area contributed by atoms with Crippen LogP contribution >= 0.6 is 11.6 Å². The number of hydrogen-bond acceptors (Lipinski definition) is 3. The molecular formula is C14H10ClF3N2O2. The molecule has 0 radical (unpaired) electrons. The molecule has 0 atom stereocenters. The second-order valence-corrected chi connectivity index (χ2v) is 4.65. The van der Waals surface area contributed by atoms with Crippen LogP contribution in [0.4, 0.5) is 18.9 Å². The molecule has 0 spiro atoms. The normalized spacial score (nSPS) is 11.1. The van der Waals surface area contributed by atoms with Crippen LogP contribution in [0.2, 0.25) is 5.02 Å². The first-order valence-electron chi connectivity index (χ1n) is 6.06. The van der Waals surface area contributed by atoms with Crippen LogP contribution in [0.25, 0.3) is 0 Å². The molecule has 1 amide bonds. The van der Waals surface area contributed by atoms with E-state index in [1.165, 1.54) is 30.5 Å². The third-order valence-electron chi connectivity index (χ3n) is 2.48. The van der Waals surface area contributed by atoms with E-state index in [-0.39, 0.29) is 22.2 Å². The second-order valence-electron chi connectivity index (χ2n) is 4.21. The molecule has 22 heavy (non-hydrogen) atoms. The first-order valence-corrected chi connectivity index (χ1v) is 6.44. The number of nitrogens with one attached hydrogen (secondary N) is 1. The number of amides is 1. The number of ether oxygens (including phenoxy) is 1. The minimum Gasteiger partial charge on any atom is -0.482 e. The van der Waals surface area contributed by atoms with Gasteiger partial charge in [0.25, 0.3) is 5.91 Å². The van der Waals surface area contributed by atoms with Gasteiger partial charge < -0.3 is 10.1 Å². The van der Waals surface area contributed by atoms with Crippen molar-refractivity contribution in [3.05, 3.63) is 53.3 Å². The van der Waals surface area contributed by atoms with Gasteiger partial charge in [-0.15, -0.1) is 0 Å². The van der Waals surface area contributed by atoms with Crippen molar-refractivity contribution in [1.82, 2.24) is 4.98 Å². The molecule has 4 nitrogen and oxygen atoms in total. The second kappa shape index (κ2) is 6.65. The molecule has 1 heterocycles. The molecule has 0 saturated carbocycles. The monoisotopic (exact) mass is 330 g/mol. The summed E-state index contributed by atoms with van der Waals surface area (Å²) in [7, 11) is 0. The highest BCUT2D eigenvalue weighted by atomic mass is 35.5. The average molecular weight is 331 g/mol. The molecule has 1 aromatic heterocycles. The zero-order chi connectivity index (χ0) is 16.2. The molecule has 0 aliphatic rings. The zero-order valence-electron chi connectivity index (χ0n) is 11.0. The van der Waals surface area contributed by atoms with Gasteiger partial charge in [-0.25, -0.2) is 0 Å². The molecule has 1 aromatic carbocycles. The first-order chi connectivity index (χ1) is 10.3. The number of rotatable bonds is 4. The summed E-state index contributed by atoms with van der Waals surface area (Å²) in [5.41, 5.74) is 0.150. The van der Waals surface area contributed by atoms with Crippen LogP contribution in [0.5, 0.6) is 5.75 Å². The molecule has 8 heteroatoms. The number of carbonyl (C=O) groups excluding carboxylic acids is 1. The molecule has 0 saturated heterocycles. The maximum absolute atomic E-state index is 12.2. The largest absolute Gasteiger partial charge is 0.482 e. The lowest BCUT2D eigenvalue weighted by Crippen LogP contribution is -2.20. The van der Waals surface area contributed by atoms with E-state index in [4.69, 9.17) is 11.6 Å². The van der Waals surface area contributed by atoms with Crippen molar-refractivity contribution in [2.45, 2.75) is 6.18 Å². The number of benzene rings is 1. The van der Waals surface area contributed by atoms with Gasteiger partial charge in [0.05, 0.1) is 5.69 Å². The fourth-order valence-electron chi connectivity index (χ4n) is 1.57. The molecule has 2 aromatic rings. The smallest absolute Gasteiger partial charge is 0.422 e. The Hall–Kier alpha value is -2.28. The fraction of sp³-hybridized carbons (Fsp3) is 0.143. The van der Waals surface area contributed by atoms with Gasteiger partial charge in [-0.2, -0.15) is 13.2 Å². The Labute approximate surface area is 128 Å². The molecule has 0 bridgehead atoms. The maximum atomic E-state index is 12.2. The number of halogens is 4. The van der Waals surface area contributed by atoms with Gasteiger partial charge in [0.2, 0.25) is 0 Å². The van der Waals surface area contributed by atoms with Crippen molar-refractivity contribution in [2.75, 3.05) is 11.9 Å². The van der Waals surface area contributed by atoms with E-state index in [1.807, 2.05) is 0 Å². The number of nitrogens with zero attached hydrogens (tertiary/aromatic N) is 1. The Morgan fingerprint density at radius 2 is 2.05 bits per heavy atom. The van der Waals surface area contributed by atoms with Crippen molar-refractivity contribution in [2.24, 2.45) is 0 Å². The van der Waals surface area contributed by atoms with Crippen molar-refractivity contribution >= 4 is 23.2 Å². The minimum absolute atomic E-state index is 0.0346. The van der Waals surface area contributed by atoms with Gasteiger partial charge in [-0.1, -0.05) is 17.7 Å². The van der Waals surface area contributed by atoms with Gasteiger partial charge in [0, 0.05) is 11.2 Å². The Morgan fingerprint density at radius 3 is 2.68 bits per heavy atom. The Bertz CT molecular complexity index is 663. The van der Waals surface area contributed by atoms with E-state index in [1.54, 1.807) is 12.1 Å². The van der Waals surface area contributed by atoms with E-state index in [2.05, 4.69) is 15.0 Å². The predicted octanol–water partition coefficient (Wildman–Crippen LogP) is 3.93. The van der Waals surface area contributed by atoms with E-state index >= 15 is 0 Å². The number of hydrogen-bond donors (Lipinski definition) is 1. The van der Waals surface area contributed by atoms with Crippen molar-refractivity contribution < 1.29 is 22.7 Å². The summed E-state index contributed by atoms with van der Waals surface area (Å²) >= 11 is 5.79. The third kappa shape index (κ3) is 4.63. The number of alkyl halides is 3. The molecule has 0 fully saturated rings. The van der Waals surface area contributed by atoms with Crippen molar-refractivity contribution in [3.8, 4) is 5.75 Å². The molecule has 2 rings (SSSR count). The number of pyridine rings is 1. The third-order valence-corrected chi connectivity index (χ3v) is 2.71. The van der Waals surface area contributed by atoms with E-state index in [0.29, 0.717) is 0 Å². The topological polar surface area (TPSA) is 51.2 Å². The molecule has 0 unspecified atom stereocenters. The molecule has 0 aliphatic heterocycles. The summed E-state index contributed by atoms with van der Waals surface area (Å²) in [6.45, 7) is -1.47. The summed E-state index contributed by atoms with van der Waals surface area (Å²) in [6, 6.07) is 8.63. The van der Waals surface area contributed by atoms with Crippen LogP contribution < -0.4 is 10.1 Å². The van der Waals surface area contributed by atoms with Gasteiger partial charge in [-0.3, -0.25) is 9.78 Å². The highest BCUT2D eigenvalue weighted by Crippen LogP contribution is 2.30. The maximum Gasteiger partial charge on any atom is 0.422 e. The molecular weight excluding hydrogens is 321 g/mol. The minimum atomic E-state index is -4.48. The van der Waals surface area contributed by atoms with Crippen molar-refractivity contribution in [3.63, 3.8) is 0 Å². The van der Waals surface area contributed by atoms with Gasteiger partial charge in [0.15, 0.2) is 6.61 Å². The van der Waals surface area contributed by atoms with Gasteiger partial charge >= 0.3 is 6.18 Å². The number of aromatic nitrogens is 1. The van der Waals surface area contributed by atoms with Crippen LogP contribution in [-0.4, -0.2) is 23.7 Å².